The predicted octanol–water partition coefficient (Wildman–Crippen LogP) is 4.83. The van der Waals surface area contributed by atoms with E-state index >= 15 is 0 Å². The Labute approximate surface area is 166 Å². The number of alkyl halides is 3. The van der Waals surface area contributed by atoms with Gasteiger partial charge in [-0.05, 0) is 45.0 Å². The normalized spacial score (nSPS) is 11.4. The molecular formula is C21H20F3N3O2. The van der Waals surface area contributed by atoms with Gasteiger partial charge in [0.05, 0.1) is 28.3 Å². The zero-order chi connectivity index (χ0) is 21.2. The molecule has 3 aromatic rings. The molecule has 0 aliphatic heterocycles. The number of rotatable bonds is 5. The van der Waals surface area contributed by atoms with Crippen molar-refractivity contribution in [3.63, 3.8) is 0 Å². The molecule has 0 saturated heterocycles. The molecule has 0 radical (unpaired) electrons. The SMILES string of the molecule is Cc1ccc(-n2nc(C)c(NC(=O)COc3ccccc3C(F)(F)F)c2C)cc1. The summed E-state index contributed by atoms with van der Waals surface area (Å²) in [6.45, 7) is 4.97. The van der Waals surface area contributed by atoms with Gasteiger partial charge in [-0.15, -0.1) is 0 Å². The van der Waals surface area contributed by atoms with Crippen LogP contribution >= 0.6 is 0 Å². The molecule has 1 amide bonds. The van der Waals surface area contributed by atoms with Gasteiger partial charge in [0.25, 0.3) is 5.91 Å². The van der Waals surface area contributed by atoms with Crippen LogP contribution in [0, 0.1) is 20.8 Å². The topological polar surface area (TPSA) is 56.2 Å². The first-order valence-electron chi connectivity index (χ1n) is 8.89. The van der Waals surface area contributed by atoms with Crippen LogP contribution in [0.25, 0.3) is 5.69 Å². The molecule has 3 rings (SSSR count). The fourth-order valence-electron chi connectivity index (χ4n) is 2.91. The van der Waals surface area contributed by atoms with E-state index in [0.29, 0.717) is 17.1 Å². The van der Waals surface area contributed by atoms with Crippen molar-refractivity contribution in [2.45, 2.75) is 26.9 Å². The molecule has 1 N–H and O–H groups in total. The molecule has 8 heteroatoms. The Hall–Kier alpha value is -3.29. The molecule has 29 heavy (non-hydrogen) atoms. The van der Waals surface area contributed by atoms with Gasteiger partial charge in [0.2, 0.25) is 0 Å². The maximum Gasteiger partial charge on any atom is 0.419 e. The van der Waals surface area contributed by atoms with Crippen LogP contribution in [-0.4, -0.2) is 22.3 Å². The third-order valence-electron chi connectivity index (χ3n) is 4.39. The molecule has 0 unspecified atom stereocenters. The van der Waals surface area contributed by atoms with Crippen molar-refractivity contribution in [1.82, 2.24) is 9.78 Å². The van der Waals surface area contributed by atoms with Gasteiger partial charge in [-0.2, -0.15) is 18.3 Å². The van der Waals surface area contributed by atoms with Crippen molar-refractivity contribution in [1.29, 1.82) is 0 Å². The summed E-state index contributed by atoms with van der Waals surface area (Å²) in [6, 6.07) is 12.5. The van der Waals surface area contributed by atoms with E-state index in [0.717, 1.165) is 17.3 Å². The summed E-state index contributed by atoms with van der Waals surface area (Å²) in [4.78, 5) is 12.3. The van der Waals surface area contributed by atoms with Gasteiger partial charge in [0.1, 0.15) is 5.75 Å². The minimum Gasteiger partial charge on any atom is -0.483 e. The van der Waals surface area contributed by atoms with Gasteiger partial charge in [-0.25, -0.2) is 4.68 Å². The number of hydrogen-bond donors (Lipinski definition) is 1. The van der Waals surface area contributed by atoms with E-state index in [9.17, 15) is 18.0 Å². The molecule has 0 aliphatic carbocycles. The zero-order valence-electron chi connectivity index (χ0n) is 16.2. The average molecular weight is 403 g/mol. The quantitative estimate of drug-likeness (QED) is 0.664. The number of nitrogens with one attached hydrogen (secondary N) is 1. The summed E-state index contributed by atoms with van der Waals surface area (Å²) < 4.78 is 45.9. The lowest BCUT2D eigenvalue weighted by Crippen LogP contribution is -2.22. The number of halogens is 3. The molecule has 0 bridgehead atoms. The molecule has 1 heterocycles. The van der Waals surface area contributed by atoms with Gasteiger partial charge in [-0.1, -0.05) is 29.8 Å². The Kier molecular flexibility index (Phi) is 5.63. The number of ether oxygens (including phenoxy) is 1. The summed E-state index contributed by atoms with van der Waals surface area (Å²) in [7, 11) is 0. The minimum atomic E-state index is -4.56. The molecule has 0 aliphatic rings. The van der Waals surface area contributed by atoms with Crippen LogP contribution in [0.15, 0.2) is 48.5 Å². The van der Waals surface area contributed by atoms with Crippen LogP contribution in [0.5, 0.6) is 5.75 Å². The first-order chi connectivity index (χ1) is 13.7. The maximum absolute atomic E-state index is 13.0. The average Bonchev–Trinajstić information content (AvgIpc) is 2.95. The van der Waals surface area contributed by atoms with Crippen LogP contribution < -0.4 is 10.1 Å². The Morgan fingerprint density at radius 3 is 2.38 bits per heavy atom. The molecular weight excluding hydrogens is 383 g/mol. The van der Waals surface area contributed by atoms with E-state index in [1.807, 2.05) is 31.2 Å². The number of benzene rings is 2. The number of amides is 1. The van der Waals surface area contributed by atoms with Crippen molar-refractivity contribution in [2.24, 2.45) is 0 Å². The summed E-state index contributed by atoms with van der Waals surface area (Å²) in [5, 5.41) is 7.12. The number of anilines is 1. The first-order valence-corrected chi connectivity index (χ1v) is 8.89. The number of hydrogen-bond acceptors (Lipinski definition) is 3. The Bertz CT molecular complexity index is 1020. The summed E-state index contributed by atoms with van der Waals surface area (Å²) in [5.74, 6) is -0.962. The van der Waals surface area contributed by atoms with E-state index < -0.39 is 24.3 Å². The second-order valence-electron chi connectivity index (χ2n) is 6.62. The minimum absolute atomic E-state index is 0.390. The van der Waals surface area contributed by atoms with Crippen LogP contribution in [0.1, 0.15) is 22.5 Å². The lowest BCUT2D eigenvalue weighted by molar-refractivity contribution is -0.139. The number of aryl methyl sites for hydroxylation is 2. The van der Waals surface area contributed by atoms with E-state index in [2.05, 4.69) is 10.4 Å². The molecule has 0 spiro atoms. The second kappa shape index (κ2) is 7.98. The Morgan fingerprint density at radius 1 is 1.07 bits per heavy atom. The summed E-state index contributed by atoms with van der Waals surface area (Å²) >= 11 is 0. The van der Waals surface area contributed by atoms with Gasteiger partial charge >= 0.3 is 6.18 Å². The Morgan fingerprint density at radius 2 is 1.72 bits per heavy atom. The third-order valence-corrected chi connectivity index (χ3v) is 4.39. The third kappa shape index (κ3) is 4.59. The molecule has 0 fully saturated rings. The smallest absolute Gasteiger partial charge is 0.419 e. The van der Waals surface area contributed by atoms with Crippen LogP contribution in [0.2, 0.25) is 0 Å². The van der Waals surface area contributed by atoms with Crippen LogP contribution in [0.4, 0.5) is 18.9 Å². The molecule has 0 atom stereocenters. The highest BCUT2D eigenvalue weighted by atomic mass is 19.4. The summed E-state index contributed by atoms with van der Waals surface area (Å²) in [6.07, 6.45) is -4.56. The van der Waals surface area contributed by atoms with Crippen LogP contribution in [-0.2, 0) is 11.0 Å². The predicted molar refractivity (Wildman–Crippen MR) is 103 cm³/mol. The summed E-state index contributed by atoms with van der Waals surface area (Å²) in [5.41, 5.74) is 2.82. The first kappa shape index (κ1) is 20.4. The Balaban J connectivity index is 1.73. The number of aromatic nitrogens is 2. The number of nitrogens with zero attached hydrogens (tertiary/aromatic N) is 2. The fourth-order valence-corrected chi connectivity index (χ4v) is 2.91. The van der Waals surface area contributed by atoms with Crippen molar-refractivity contribution in [3.8, 4) is 11.4 Å². The van der Waals surface area contributed by atoms with E-state index in [1.54, 1.807) is 18.5 Å². The van der Waals surface area contributed by atoms with Gasteiger partial charge in [0, 0.05) is 0 Å². The molecule has 2 aromatic carbocycles. The fraction of sp³-hybridized carbons (Fsp3) is 0.238. The van der Waals surface area contributed by atoms with E-state index in [1.165, 1.54) is 18.2 Å². The molecule has 5 nitrogen and oxygen atoms in total. The molecule has 152 valence electrons. The van der Waals surface area contributed by atoms with Crippen molar-refractivity contribution >= 4 is 11.6 Å². The maximum atomic E-state index is 13.0. The van der Waals surface area contributed by atoms with E-state index in [-0.39, 0.29) is 5.75 Å². The number of carbonyl (C=O) groups excluding carboxylic acids is 1. The lowest BCUT2D eigenvalue weighted by Gasteiger charge is -2.13. The standard InChI is InChI=1S/C21H20F3N3O2/c1-13-8-10-16(11-9-13)27-15(3)20(14(2)26-27)25-19(28)12-29-18-7-5-4-6-17(18)21(22,23)24/h4-11H,12H2,1-3H3,(H,25,28). The zero-order valence-corrected chi connectivity index (χ0v) is 16.2. The highest BCUT2D eigenvalue weighted by Gasteiger charge is 2.34. The van der Waals surface area contributed by atoms with Crippen molar-refractivity contribution in [3.05, 3.63) is 71.0 Å². The van der Waals surface area contributed by atoms with Gasteiger partial charge in [-0.3, -0.25) is 4.79 Å². The number of para-hydroxylation sites is 1. The highest BCUT2D eigenvalue weighted by Crippen LogP contribution is 2.35. The highest BCUT2D eigenvalue weighted by molar-refractivity contribution is 5.93. The van der Waals surface area contributed by atoms with Gasteiger partial charge < -0.3 is 10.1 Å². The monoisotopic (exact) mass is 403 g/mol. The second-order valence-corrected chi connectivity index (χ2v) is 6.62. The largest absolute Gasteiger partial charge is 0.483 e. The van der Waals surface area contributed by atoms with Crippen molar-refractivity contribution < 1.29 is 22.7 Å². The van der Waals surface area contributed by atoms with Crippen LogP contribution in [0.3, 0.4) is 0 Å². The molecule has 0 saturated carbocycles. The van der Waals surface area contributed by atoms with Crippen molar-refractivity contribution in [2.75, 3.05) is 11.9 Å². The molecule has 1 aromatic heterocycles. The lowest BCUT2D eigenvalue weighted by atomic mass is 10.2. The number of carbonyl (C=O) groups is 1. The van der Waals surface area contributed by atoms with Gasteiger partial charge in [0.15, 0.2) is 6.61 Å². The van der Waals surface area contributed by atoms with E-state index in [4.69, 9.17) is 4.74 Å².